The van der Waals surface area contributed by atoms with Gasteiger partial charge in [-0.15, -0.1) is 0 Å². The fourth-order valence-electron chi connectivity index (χ4n) is 2.89. The molecule has 2 aromatic rings. The summed E-state index contributed by atoms with van der Waals surface area (Å²) in [6.45, 7) is 4.60. The fourth-order valence-corrected chi connectivity index (χ4v) is 2.89. The van der Waals surface area contributed by atoms with Crippen molar-refractivity contribution in [2.45, 2.75) is 39.0 Å². The number of hydrogen-bond donors (Lipinski definition) is 2. The van der Waals surface area contributed by atoms with Gasteiger partial charge in [0, 0.05) is 25.7 Å². The van der Waals surface area contributed by atoms with Crippen molar-refractivity contribution in [2.24, 2.45) is 0 Å². The number of aliphatic hydroxyl groups is 1. The number of amides is 1. The minimum absolute atomic E-state index is 0.269. The molecule has 1 aliphatic heterocycles. The van der Waals surface area contributed by atoms with Gasteiger partial charge in [-0.1, -0.05) is 29.4 Å². The van der Waals surface area contributed by atoms with Gasteiger partial charge in [-0.25, -0.2) is 0 Å². The van der Waals surface area contributed by atoms with Crippen molar-refractivity contribution in [2.75, 3.05) is 13.1 Å². The van der Waals surface area contributed by atoms with Gasteiger partial charge in [0.05, 0.1) is 12.6 Å². The molecule has 0 saturated heterocycles. The van der Waals surface area contributed by atoms with Gasteiger partial charge in [0.2, 0.25) is 0 Å². The van der Waals surface area contributed by atoms with Crippen molar-refractivity contribution in [3.05, 3.63) is 52.9 Å². The maximum Gasteiger partial charge on any atom is 0.273 e. The maximum atomic E-state index is 12.0. The van der Waals surface area contributed by atoms with Crippen LogP contribution in [0.3, 0.4) is 0 Å². The number of nitrogens with zero attached hydrogens (tertiary/aromatic N) is 2. The Hall–Kier alpha value is -2.18. The third-order valence-electron chi connectivity index (χ3n) is 4.23. The number of fused-ring (bicyclic) bond motifs is 1. The Labute approximate surface area is 141 Å². The van der Waals surface area contributed by atoms with E-state index in [1.165, 1.54) is 11.1 Å². The summed E-state index contributed by atoms with van der Waals surface area (Å²) < 4.78 is 5.30. The van der Waals surface area contributed by atoms with Crippen molar-refractivity contribution >= 4 is 5.91 Å². The maximum absolute atomic E-state index is 12.0. The van der Waals surface area contributed by atoms with Crippen molar-refractivity contribution < 1.29 is 14.4 Å². The van der Waals surface area contributed by atoms with E-state index in [1.807, 2.05) is 0 Å². The van der Waals surface area contributed by atoms with Gasteiger partial charge in [-0.2, -0.15) is 0 Å². The van der Waals surface area contributed by atoms with E-state index in [0.717, 1.165) is 19.5 Å². The number of rotatable bonds is 6. The number of aliphatic hydroxyl groups excluding tert-OH is 1. The van der Waals surface area contributed by atoms with E-state index in [0.29, 0.717) is 25.3 Å². The summed E-state index contributed by atoms with van der Waals surface area (Å²) in [5, 5.41) is 15.8. The molecule has 0 spiro atoms. The van der Waals surface area contributed by atoms with Crippen LogP contribution in [0, 0.1) is 0 Å². The summed E-state index contributed by atoms with van der Waals surface area (Å²) in [7, 11) is 0. The average Bonchev–Trinajstić information content (AvgIpc) is 3.03. The van der Waals surface area contributed by atoms with E-state index in [-0.39, 0.29) is 11.6 Å². The quantitative estimate of drug-likeness (QED) is 0.844. The summed E-state index contributed by atoms with van der Waals surface area (Å²) in [6, 6.07) is 10.2. The highest BCUT2D eigenvalue weighted by atomic mass is 16.5. The van der Waals surface area contributed by atoms with Gasteiger partial charge in [0.1, 0.15) is 0 Å². The summed E-state index contributed by atoms with van der Waals surface area (Å²) >= 11 is 0. The number of aromatic nitrogens is 1. The van der Waals surface area contributed by atoms with Gasteiger partial charge in [0.15, 0.2) is 11.5 Å². The summed E-state index contributed by atoms with van der Waals surface area (Å²) in [4.78, 5) is 14.3. The second-order valence-electron chi connectivity index (χ2n) is 6.30. The molecule has 0 fully saturated rings. The van der Waals surface area contributed by atoms with Crippen molar-refractivity contribution in [1.29, 1.82) is 0 Å². The first kappa shape index (κ1) is 16.7. The average molecular weight is 329 g/mol. The van der Waals surface area contributed by atoms with Crippen LogP contribution in [0.1, 0.15) is 40.7 Å². The highest BCUT2D eigenvalue weighted by molar-refractivity contribution is 5.92. The highest BCUT2D eigenvalue weighted by Crippen LogP contribution is 2.20. The normalized spacial score (nSPS) is 15.8. The highest BCUT2D eigenvalue weighted by Gasteiger charge is 2.19. The number of carbonyl (C=O) groups is 1. The third kappa shape index (κ3) is 4.21. The molecule has 1 atom stereocenters. The van der Waals surface area contributed by atoms with Crippen LogP contribution in [0.15, 0.2) is 34.9 Å². The molecule has 6 heteroatoms. The Morgan fingerprint density at radius 1 is 1.42 bits per heavy atom. The molecule has 6 nitrogen and oxygen atoms in total. The van der Waals surface area contributed by atoms with Crippen LogP contribution in [0.25, 0.3) is 0 Å². The summed E-state index contributed by atoms with van der Waals surface area (Å²) in [5.41, 5.74) is 3.04. The predicted octanol–water partition coefficient (Wildman–Crippen LogP) is 1.73. The molecule has 1 unspecified atom stereocenters. The first-order chi connectivity index (χ1) is 11.6. The second-order valence-corrected chi connectivity index (χ2v) is 6.30. The largest absolute Gasteiger partial charge is 0.393 e. The zero-order valence-corrected chi connectivity index (χ0v) is 13.9. The molecule has 1 aliphatic rings. The lowest BCUT2D eigenvalue weighted by Gasteiger charge is -2.27. The molecule has 1 aromatic heterocycles. The van der Waals surface area contributed by atoms with E-state index in [9.17, 15) is 9.90 Å². The van der Waals surface area contributed by atoms with Gasteiger partial charge >= 0.3 is 0 Å². The Kier molecular flexibility index (Phi) is 5.27. The van der Waals surface area contributed by atoms with Gasteiger partial charge < -0.3 is 14.9 Å². The molecular weight excluding hydrogens is 306 g/mol. The van der Waals surface area contributed by atoms with E-state index < -0.39 is 6.10 Å². The zero-order chi connectivity index (χ0) is 16.9. The first-order valence-electron chi connectivity index (χ1n) is 8.33. The monoisotopic (exact) mass is 329 g/mol. The summed E-state index contributed by atoms with van der Waals surface area (Å²) in [6.07, 6.45) is 1.11. The van der Waals surface area contributed by atoms with Crippen LogP contribution in [0.5, 0.6) is 0 Å². The zero-order valence-electron chi connectivity index (χ0n) is 13.9. The number of carbonyl (C=O) groups excluding carboxylic acids is 1. The predicted molar refractivity (Wildman–Crippen MR) is 89.4 cm³/mol. The molecular formula is C18H23N3O3. The molecule has 0 bridgehead atoms. The Balaban J connectivity index is 1.54. The van der Waals surface area contributed by atoms with Crippen molar-refractivity contribution in [3.63, 3.8) is 0 Å². The molecule has 2 N–H and O–H groups in total. The second kappa shape index (κ2) is 7.59. The molecule has 3 rings (SSSR count). The number of benzene rings is 1. The van der Waals surface area contributed by atoms with E-state index >= 15 is 0 Å². The van der Waals surface area contributed by atoms with Crippen LogP contribution in [-0.2, 0) is 19.5 Å². The minimum atomic E-state index is -0.430. The van der Waals surface area contributed by atoms with E-state index in [1.54, 1.807) is 13.0 Å². The molecule has 0 radical (unpaired) electrons. The Bertz CT molecular complexity index is 696. The Morgan fingerprint density at radius 2 is 2.21 bits per heavy atom. The minimum Gasteiger partial charge on any atom is -0.393 e. The van der Waals surface area contributed by atoms with Gasteiger partial charge in [-0.05, 0) is 30.9 Å². The van der Waals surface area contributed by atoms with E-state index in [2.05, 4.69) is 39.6 Å². The Morgan fingerprint density at radius 3 is 3.00 bits per heavy atom. The molecule has 0 saturated carbocycles. The lowest BCUT2D eigenvalue weighted by atomic mass is 10.00. The fraction of sp³-hybridized carbons (Fsp3) is 0.444. The SMILES string of the molecule is CC(O)CCNC(=O)c1cc(CN2CCc3ccccc3C2)on1. The number of hydrogen-bond acceptors (Lipinski definition) is 5. The standard InChI is InChI=1S/C18H23N3O3/c1-13(22)6-8-19-18(23)17-10-16(24-20-17)12-21-9-7-14-4-2-3-5-15(14)11-21/h2-5,10,13,22H,6-9,11-12H2,1H3,(H,19,23). The summed E-state index contributed by atoms with van der Waals surface area (Å²) in [5.74, 6) is 0.421. The molecule has 0 aliphatic carbocycles. The van der Waals surface area contributed by atoms with Crippen molar-refractivity contribution in [1.82, 2.24) is 15.4 Å². The van der Waals surface area contributed by atoms with Crippen LogP contribution in [-0.4, -0.2) is 40.3 Å². The first-order valence-corrected chi connectivity index (χ1v) is 8.33. The molecule has 1 amide bonds. The molecule has 128 valence electrons. The lowest BCUT2D eigenvalue weighted by molar-refractivity contribution is 0.0936. The topological polar surface area (TPSA) is 78.6 Å². The van der Waals surface area contributed by atoms with Gasteiger partial charge in [-0.3, -0.25) is 9.69 Å². The molecule has 1 aromatic carbocycles. The van der Waals surface area contributed by atoms with Gasteiger partial charge in [0.25, 0.3) is 5.91 Å². The van der Waals surface area contributed by atoms with Crippen molar-refractivity contribution in [3.8, 4) is 0 Å². The smallest absolute Gasteiger partial charge is 0.273 e. The van der Waals surface area contributed by atoms with E-state index in [4.69, 9.17) is 4.52 Å². The molecule has 24 heavy (non-hydrogen) atoms. The van der Waals surface area contributed by atoms with Crippen LogP contribution < -0.4 is 5.32 Å². The lowest BCUT2D eigenvalue weighted by Crippen LogP contribution is -2.29. The van der Waals surface area contributed by atoms with Crippen LogP contribution in [0.2, 0.25) is 0 Å². The third-order valence-corrected chi connectivity index (χ3v) is 4.23. The molecule has 2 heterocycles. The number of nitrogens with one attached hydrogen (secondary N) is 1. The van der Waals surface area contributed by atoms with Crippen LogP contribution in [0.4, 0.5) is 0 Å². The van der Waals surface area contributed by atoms with Crippen LogP contribution >= 0.6 is 0 Å².